The van der Waals surface area contributed by atoms with Gasteiger partial charge in [0.15, 0.2) is 5.82 Å². The molecule has 2 rings (SSSR count). The van der Waals surface area contributed by atoms with Gasteiger partial charge in [-0.2, -0.15) is 5.26 Å². The highest BCUT2D eigenvalue weighted by atomic mass is 15.3. The van der Waals surface area contributed by atoms with Crippen molar-refractivity contribution in [1.29, 1.82) is 5.26 Å². The number of benzene rings is 1. The van der Waals surface area contributed by atoms with Gasteiger partial charge in [-0.25, -0.2) is 5.84 Å². The molecule has 0 fully saturated rings. The second-order valence-corrected chi connectivity index (χ2v) is 3.14. The summed E-state index contributed by atoms with van der Waals surface area (Å²) >= 11 is 0. The Balaban J connectivity index is 2.39. The zero-order valence-electron chi connectivity index (χ0n) is 8.38. The Kier molecular flexibility index (Phi) is 2.76. The molecule has 0 bridgehead atoms. The van der Waals surface area contributed by atoms with E-state index in [9.17, 15) is 0 Å². The number of anilines is 1. The van der Waals surface area contributed by atoms with Gasteiger partial charge in [-0.05, 0) is 24.3 Å². The van der Waals surface area contributed by atoms with Crippen molar-refractivity contribution in [3.05, 3.63) is 42.0 Å². The molecule has 5 nitrogen and oxygen atoms in total. The van der Waals surface area contributed by atoms with Gasteiger partial charge in [-0.3, -0.25) is 0 Å². The molecule has 0 aliphatic carbocycles. The zero-order chi connectivity index (χ0) is 11.4. The van der Waals surface area contributed by atoms with E-state index in [1.54, 1.807) is 24.3 Å². The van der Waals surface area contributed by atoms with E-state index in [0.29, 0.717) is 17.1 Å². The van der Waals surface area contributed by atoms with Crippen LogP contribution in [-0.4, -0.2) is 10.2 Å². The molecular weight excluding hydrogens is 202 g/mol. The standard InChI is InChI=1S/C11H9N5/c12-7-8-2-1-3-9(6-8)10-4-5-11(14-13)16-15-10/h1-6H,13H2,(H,14,16). The van der Waals surface area contributed by atoms with Crippen molar-refractivity contribution in [3.8, 4) is 17.3 Å². The van der Waals surface area contributed by atoms with E-state index in [1.807, 2.05) is 12.1 Å². The maximum absolute atomic E-state index is 8.78. The molecule has 1 aromatic carbocycles. The van der Waals surface area contributed by atoms with E-state index >= 15 is 0 Å². The summed E-state index contributed by atoms with van der Waals surface area (Å²) in [4.78, 5) is 0. The third-order valence-electron chi connectivity index (χ3n) is 2.10. The van der Waals surface area contributed by atoms with Crippen molar-refractivity contribution >= 4 is 5.82 Å². The van der Waals surface area contributed by atoms with E-state index in [0.717, 1.165) is 5.56 Å². The predicted molar refractivity (Wildman–Crippen MR) is 60.0 cm³/mol. The number of nitrogens with two attached hydrogens (primary N) is 1. The molecule has 0 amide bonds. The fourth-order valence-electron chi connectivity index (χ4n) is 1.31. The van der Waals surface area contributed by atoms with Crippen molar-refractivity contribution in [2.45, 2.75) is 0 Å². The van der Waals surface area contributed by atoms with Crippen LogP contribution >= 0.6 is 0 Å². The van der Waals surface area contributed by atoms with Crippen LogP contribution in [0.25, 0.3) is 11.3 Å². The number of rotatable bonds is 2. The van der Waals surface area contributed by atoms with Crippen molar-refractivity contribution in [2.24, 2.45) is 5.84 Å². The minimum atomic E-state index is 0.500. The molecule has 0 saturated carbocycles. The second kappa shape index (κ2) is 4.38. The summed E-state index contributed by atoms with van der Waals surface area (Å²) in [5.41, 5.74) is 4.56. The van der Waals surface area contributed by atoms with Crippen LogP contribution in [0.4, 0.5) is 5.82 Å². The van der Waals surface area contributed by atoms with Gasteiger partial charge >= 0.3 is 0 Å². The van der Waals surface area contributed by atoms with Gasteiger partial charge in [0, 0.05) is 5.56 Å². The first-order valence-electron chi connectivity index (χ1n) is 4.64. The van der Waals surface area contributed by atoms with Gasteiger partial charge in [0.2, 0.25) is 0 Å². The smallest absolute Gasteiger partial charge is 0.162 e. The van der Waals surface area contributed by atoms with Crippen LogP contribution in [0.2, 0.25) is 0 Å². The van der Waals surface area contributed by atoms with E-state index in [4.69, 9.17) is 11.1 Å². The summed E-state index contributed by atoms with van der Waals surface area (Å²) in [7, 11) is 0. The van der Waals surface area contributed by atoms with E-state index in [2.05, 4.69) is 21.7 Å². The van der Waals surface area contributed by atoms with Crippen LogP contribution in [-0.2, 0) is 0 Å². The molecular formula is C11H9N5. The van der Waals surface area contributed by atoms with E-state index in [1.165, 1.54) is 0 Å². The Hall–Kier alpha value is -2.45. The van der Waals surface area contributed by atoms with Crippen LogP contribution in [0, 0.1) is 11.3 Å². The minimum absolute atomic E-state index is 0.500. The van der Waals surface area contributed by atoms with Crippen molar-refractivity contribution < 1.29 is 0 Å². The average molecular weight is 211 g/mol. The fraction of sp³-hybridized carbons (Fsp3) is 0. The highest BCUT2D eigenvalue weighted by molar-refractivity contribution is 5.61. The lowest BCUT2D eigenvalue weighted by molar-refractivity contribution is 1.03. The maximum Gasteiger partial charge on any atom is 0.162 e. The number of nitrogens with zero attached hydrogens (tertiary/aromatic N) is 3. The quantitative estimate of drug-likeness (QED) is 0.577. The molecule has 0 spiro atoms. The Morgan fingerprint density at radius 3 is 2.69 bits per heavy atom. The van der Waals surface area contributed by atoms with Crippen molar-refractivity contribution in [2.75, 3.05) is 5.43 Å². The number of nitrogens with one attached hydrogen (secondary N) is 1. The normalized spacial score (nSPS) is 9.50. The van der Waals surface area contributed by atoms with Gasteiger partial charge in [0.1, 0.15) is 0 Å². The molecule has 16 heavy (non-hydrogen) atoms. The second-order valence-electron chi connectivity index (χ2n) is 3.14. The first kappa shape index (κ1) is 10.1. The Morgan fingerprint density at radius 1 is 1.19 bits per heavy atom. The lowest BCUT2D eigenvalue weighted by atomic mass is 10.1. The molecule has 0 saturated heterocycles. The number of nitriles is 1. The molecule has 0 aliphatic rings. The summed E-state index contributed by atoms with van der Waals surface area (Å²) in [5.74, 6) is 5.69. The summed E-state index contributed by atoms with van der Waals surface area (Å²) in [6.45, 7) is 0. The Morgan fingerprint density at radius 2 is 2.06 bits per heavy atom. The van der Waals surface area contributed by atoms with Crippen LogP contribution in [0.1, 0.15) is 5.56 Å². The third kappa shape index (κ3) is 1.97. The number of hydrazine groups is 1. The molecule has 78 valence electrons. The molecule has 1 heterocycles. The first-order valence-corrected chi connectivity index (χ1v) is 4.64. The molecule has 1 aromatic heterocycles. The number of hydrogen-bond donors (Lipinski definition) is 2. The number of aromatic nitrogens is 2. The Bertz CT molecular complexity index is 527. The largest absolute Gasteiger partial charge is 0.307 e. The average Bonchev–Trinajstić information content (AvgIpc) is 2.39. The summed E-state index contributed by atoms with van der Waals surface area (Å²) in [6, 6.07) is 12.8. The molecule has 3 N–H and O–H groups in total. The summed E-state index contributed by atoms with van der Waals surface area (Å²) < 4.78 is 0. The lowest BCUT2D eigenvalue weighted by Gasteiger charge is -2.01. The zero-order valence-corrected chi connectivity index (χ0v) is 8.38. The molecule has 0 unspecified atom stereocenters. The summed E-state index contributed by atoms with van der Waals surface area (Å²) in [6.07, 6.45) is 0. The molecule has 0 atom stereocenters. The van der Waals surface area contributed by atoms with Gasteiger partial charge in [0.25, 0.3) is 0 Å². The van der Waals surface area contributed by atoms with Crippen LogP contribution < -0.4 is 11.3 Å². The highest BCUT2D eigenvalue weighted by Crippen LogP contribution is 2.17. The maximum atomic E-state index is 8.78. The molecule has 5 heteroatoms. The van der Waals surface area contributed by atoms with Gasteiger partial charge < -0.3 is 5.43 Å². The Labute approximate surface area is 92.5 Å². The molecule has 2 aromatic rings. The van der Waals surface area contributed by atoms with Crippen LogP contribution in [0.15, 0.2) is 36.4 Å². The minimum Gasteiger partial charge on any atom is -0.307 e. The van der Waals surface area contributed by atoms with E-state index in [-0.39, 0.29) is 0 Å². The van der Waals surface area contributed by atoms with Gasteiger partial charge in [-0.15, -0.1) is 10.2 Å². The van der Waals surface area contributed by atoms with Crippen LogP contribution in [0.5, 0.6) is 0 Å². The third-order valence-corrected chi connectivity index (χ3v) is 2.10. The SMILES string of the molecule is N#Cc1cccc(-c2ccc(NN)nn2)c1. The topological polar surface area (TPSA) is 87.6 Å². The van der Waals surface area contributed by atoms with Crippen LogP contribution in [0.3, 0.4) is 0 Å². The summed E-state index contributed by atoms with van der Waals surface area (Å²) in [5, 5.41) is 16.6. The fourth-order valence-corrected chi connectivity index (χ4v) is 1.31. The number of nitrogen functional groups attached to an aromatic ring is 1. The van der Waals surface area contributed by atoms with E-state index < -0.39 is 0 Å². The van der Waals surface area contributed by atoms with Crippen molar-refractivity contribution in [3.63, 3.8) is 0 Å². The molecule has 0 radical (unpaired) electrons. The lowest BCUT2D eigenvalue weighted by Crippen LogP contribution is -2.08. The highest BCUT2D eigenvalue weighted by Gasteiger charge is 2.01. The van der Waals surface area contributed by atoms with Gasteiger partial charge in [-0.1, -0.05) is 12.1 Å². The number of hydrogen-bond acceptors (Lipinski definition) is 5. The monoisotopic (exact) mass is 211 g/mol. The van der Waals surface area contributed by atoms with Gasteiger partial charge in [0.05, 0.1) is 17.3 Å². The predicted octanol–water partition coefficient (Wildman–Crippen LogP) is 1.30. The molecule has 0 aliphatic heterocycles. The first-order chi connectivity index (χ1) is 7.83. The van der Waals surface area contributed by atoms with Crippen molar-refractivity contribution in [1.82, 2.24) is 10.2 Å².